The van der Waals surface area contributed by atoms with Gasteiger partial charge < -0.3 is 15.0 Å². The monoisotopic (exact) mass is 383 g/mol. The van der Waals surface area contributed by atoms with Crippen molar-refractivity contribution in [3.8, 4) is 5.75 Å². The van der Waals surface area contributed by atoms with E-state index in [9.17, 15) is 4.79 Å². The second-order valence-corrected chi connectivity index (χ2v) is 6.84. The first-order valence-electron chi connectivity index (χ1n) is 8.74. The molecule has 1 N–H and O–H groups in total. The normalized spacial score (nSPS) is 10.9. The number of rotatable bonds is 5. The Morgan fingerprint density at radius 1 is 1.19 bits per heavy atom. The number of hydrogen-bond donors (Lipinski definition) is 1. The van der Waals surface area contributed by atoms with Crippen molar-refractivity contribution in [2.45, 2.75) is 26.4 Å². The third-order valence-electron chi connectivity index (χ3n) is 4.32. The van der Waals surface area contributed by atoms with Gasteiger partial charge in [0.05, 0.1) is 24.9 Å². The Morgan fingerprint density at radius 3 is 2.63 bits per heavy atom. The molecule has 0 unspecified atom stereocenters. The maximum atomic E-state index is 12.9. The van der Waals surface area contributed by atoms with Crippen molar-refractivity contribution in [2.75, 3.05) is 12.4 Å². The minimum absolute atomic E-state index is 0.0257. The zero-order valence-electron chi connectivity index (χ0n) is 15.6. The molecule has 2 amide bonds. The van der Waals surface area contributed by atoms with Gasteiger partial charge in [0.2, 0.25) is 0 Å². The summed E-state index contributed by atoms with van der Waals surface area (Å²) in [5, 5.41) is 4.32. The summed E-state index contributed by atoms with van der Waals surface area (Å²) in [6.07, 6.45) is 0. The SMILES string of the molecule is COc1ccccc1NC(=O)N(Cc1cc2ccccc2nc1Cl)C(C)C. The summed E-state index contributed by atoms with van der Waals surface area (Å²) in [6.45, 7) is 4.28. The highest BCUT2D eigenvalue weighted by Crippen LogP contribution is 2.25. The predicted octanol–water partition coefficient (Wildman–Crippen LogP) is 5.34. The average Bonchev–Trinajstić information content (AvgIpc) is 2.66. The van der Waals surface area contributed by atoms with Crippen LogP contribution < -0.4 is 10.1 Å². The highest BCUT2D eigenvalue weighted by Gasteiger charge is 2.20. The van der Waals surface area contributed by atoms with E-state index in [1.165, 1.54) is 0 Å². The molecule has 0 saturated carbocycles. The molecule has 0 aliphatic heterocycles. The number of pyridine rings is 1. The summed E-state index contributed by atoms with van der Waals surface area (Å²) < 4.78 is 5.31. The molecular weight excluding hydrogens is 362 g/mol. The number of hydrogen-bond acceptors (Lipinski definition) is 3. The van der Waals surface area contributed by atoms with E-state index in [0.717, 1.165) is 16.5 Å². The molecule has 0 radical (unpaired) electrons. The number of para-hydroxylation sites is 3. The number of fused-ring (bicyclic) bond motifs is 1. The third-order valence-corrected chi connectivity index (χ3v) is 4.65. The molecule has 2 aromatic carbocycles. The average molecular weight is 384 g/mol. The van der Waals surface area contributed by atoms with Gasteiger partial charge in [-0.25, -0.2) is 9.78 Å². The van der Waals surface area contributed by atoms with E-state index in [1.54, 1.807) is 24.1 Å². The van der Waals surface area contributed by atoms with Crippen molar-refractivity contribution in [3.63, 3.8) is 0 Å². The number of carbonyl (C=O) groups is 1. The van der Waals surface area contributed by atoms with Crippen molar-refractivity contribution in [1.82, 2.24) is 9.88 Å². The van der Waals surface area contributed by atoms with Crippen LogP contribution in [0.2, 0.25) is 5.15 Å². The number of carbonyl (C=O) groups excluding carboxylic acids is 1. The van der Waals surface area contributed by atoms with Gasteiger partial charge in [-0.1, -0.05) is 41.9 Å². The smallest absolute Gasteiger partial charge is 0.322 e. The van der Waals surface area contributed by atoms with E-state index in [-0.39, 0.29) is 12.1 Å². The Bertz CT molecular complexity index is 959. The fourth-order valence-corrected chi connectivity index (χ4v) is 3.06. The number of nitrogens with zero attached hydrogens (tertiary/aromatic N) is 2. The van der Waals surface area contributed by atoms with Crippen LogP contribution in [0.25, 0.3) is 10.9 Å². The standard InChI is InChI=1S/C21H22ClN3O2/c1-14(2)25(21(26)24-18-10-6-7-11-19(18)27-3)13-16-12-15-8-4-5-9-17(15)23-20(16)22/h4-12,14H,13H2,1-3H3,(H,24,26). The van der Waals surface area contributed by atoms with E-state index in [4.69, 9.17) is 16.3 Å². The Kier molecular flexibility index (Phi) is 5.81. The number of aromatic nitrogens is 1. The first kappa shape index (κ1) is 19.0. The zero-order valence-corrected chi connectivity index (χ0v) is 16.3. The fourth-order valence-electron chi connectivity index (χ4n) is 2.85. The van der Waals surface area contributed by atoms with Crippen molar-refractivity contribution < 1.29 is 9.53 Å². The zero-order chi connectivity index (χ0) is 19.4. The lowest BCUT2D eigenvalue weighted by Crippen LogP contribution is -2.39. The van der Waals surface area contributed by atoms with Crippen molar-refractivity contribution >= 4 is 34.2 Å². The maximum Gasteiger partial charge on any atom is 0.322 e. The minimum atomic E-state index is -0.223. The van der Waals surface area contributed by atoms with Gasteiger partial charge in [0.25, 0.3) is 0 Å². The Labute approximate surface area is 163 Å². The molecule has 6 heteroatoms. The van der Waals surface area contributed by atoms with Gasteiger partial charge in [-0.15, -0.1) is 0 Å². The molecule has 0 fully saturated rings. The summed E-state index contributed by atoms with van der Waals surface area (Å²) >= 11 is 6.38. The van der Waals surface area contributed by atoms with Crippen LogP contribution in [-0.2, 0) is 6.54 Å². The number of halogens is 1. The molecule has 3 aromatic rings. The number of anilines is 1. The molecular formula is C21H22ClN3O2. The van der Waals surface area contributed by atoms with E-state index in [0.29, 0.717) is 23.1 Å². The largest absolute Gasteiger partial charge is 0.495 e. The Hall–Kier alpha value is -2.79. The van der Waals surface area contributed by atoms with E-state index >= 15 is 0 Å². The van der Waals surface area contributed by atoms with Gasteiger partial charge in [0.15, 0.2) is 0 Å². The van der Waals surface area contributed by atoms with Crippen molar-refractivity contribution in [3.05, 3.63) is 65.3 Å². The van der Waals surface area contributed by atoms with Crippen LogP contribution in [0.1, 0.15) is 19.4 Å². The van der Waals surface area contributed by atoms with Crippen LogP contribution in [0.4, 0.5) is 10.5 Å². The summed E-state index contributed by atoms with van der Waals surface area (Å²) in [5.74, 6) is 0.611. The molecule has 0 aliphatic carbocycles. The van der Waals surface area contributed by atoms with Gasteiger partial charge >= 0.3 is 6.03 Å². The van der Waals surface area contributed by atoms with Crippen LogP contribution in [0.15, 0.2) is 54.6 Å². The summed E-state index contributed by atoms with van der Waals surface area (Å²) in [4.78, 5) is 19.1. The summed E-state index contributed by atoms with van der Waals surface area (Å²) in [5.41, 5.74) is 2.26. The Morgan fingerprint density at radius 2 is 1.89 bits per heavy atom. The van der Waals surface area contributed by atoms with Gasteiger partial charge in [0.1, 0.15) is 10.9 Å². The van der Waals surface area contributed by atoms with Gasteiger partial charge in [-0.05, 0) is 38.1 Å². The lowest BCUT2D eigenvalue weighted by molar-refractivity contribution is 0.193. The number of ether oxygens (including phenoxy) is 1. The van der Waals surface area contributed by atoms with Crippen molar-refractivity contribution in [1.29, 1.82) is 0 Å². The number of amides is 2. The minimum Gasteiger partial charge on any atom is -0.495 e. The molecule has 0 saturated heterocycles. The number of nitrogens with one attached hydrogen (secondary N) is 1. The van der Waals surface area contributed by atoms with Crippen LogP contribution in [0.5, 0.6) is 5.75 Å². The molecule has 0 bridgehead atoms. The first-order chi connectivity index (χ1) is 13.0. The molecule has 1 aromatic heterocycles. The molecule has 3 rings (SSSR count). The topological polar surface area (TPSA) is 54.5 Å². The molecule has 27 heavy (non-hydrogen) atoms. The molecule has 0 atom stereocenters. The second-order valence-electron chi connectivity index (χ2n) is 6.48. The maximum absolute atomic E-state index is 12.9. The van der Waals surface area contributed by atoms with Crippen LogP contribution in [-0.4, -0.2) is 29.1 Å². The fraction of sp³-hybridized carbons (Fsp3) is 0.238. The number of urea groups is 1. The number of methoxy groups -OCH3 is 1. The third kappa shape index (κ3) is 4.31. The summed E-state index contributed by atoms with van der Waals surface area (Å²) in [6, 6.07) is 16.8. The first-order valence-corrected chi connectivity index (χ1v) is 9.12. The van der Waals surface area contributed by atoms with Crippen molar-refractivity contribution in [2.24, 2.45) is 0 Å². The quantitative estimate of drug-likeness (QED) is 0.605. The van der Waals surface area contributed by atoms with Crippen LogP contribution in [0, 0.1) is 0 Å². The van der Waals surface area contributed by atoms with E-state index in [2.05, 4.69) is 10.3 Å². The van der Waals surface area contributed by atoms with Gasteiger partial charge in [-0.2, -0.15) is 0 Å². The summed E-state index contributed by atoms with van der Waals surface area (Å²) in [7, 11) is 1.58. The van der Waals surface area contributed by atoms with Crippen LogP contribution >= 0.6 is 11.6 Å². The highest BCUT2D eigenvalue weighted by molar-refractivity contribution is 6.30. The molecule has 140 valence electrons. The van der Waals surface area contributed by atoms with Gasteiger partial charge in [-0.3, -0.25) is 0 Å². The number of benzene rings is 2. The lowest BCUT2D eigenvalue weighted by atomic mass is 10.1. The lowest BCUT2D eigenvalue weighted by Gasteiger charge is -2.27. The molecule has 0 aliphatic rings. The molecule has 1 heterocycles. The van der Waals surface area contributed by atoms with Gasteiger partial charge in [0, 0.05) is 17.0 Å². The predicted molar refractivity (Wildman–Crippen MR) is 109 cm³/mol. The van der Waals surface area contributed by atoms with E-state index < -0.39 is 0 Å². The highest BCUT2D eigenvalue weighted by atomic mass is 35.5. The van der Waals surface area contributed by atoms with Crippen LogP contribution in [0.3, 0.4) is 0 Å². The molecule has 0 spiro atoms. The Balaban J connectivity index is 1.85. The molecule has 5 nitrogen and oxygen atoms in total. The van der Waals surface area contributed by atoms with E-state index in [1.807, 2.05) is 56.3 Å². The second kappa shape index (κ2) is 8.27.